The molecular formula is C12H10BrNO2. The first-order chi connectivity index (χ1) is 7.81. The number of ketones is 1. The Kier molecular flexibility index (Phi) is 3.51. The number of aromatic nitrogens is 1. The number of aryl methyl sites for hydroxylation is 1. The van der Waals surface area contributed by atoms with E-state index in [1.807, 2.05) is 18.2 Å². The molecule has 0 saturated heterocycles. The lowest BCUT2D eigenvalue weighted by molar-refractivity contribution is 0.100. The number of benzene rings is 1. The third kappa shape index (κ3) is 2.39. The third-order valence-electron chi connectivity index (χ3n) is 2.12. The van der Waals surface area contributed by atoms with E-state index < -0.39 is 0 Å². The highest BCUT2D eigenvalue weighted by Gasteiger charge is 2.14. The normalized spacial score (nSPS) is 10.3. The minimum absolute atomic E-state index is 0.155. The van der Waals surface area contributed by atoms with Crippen LogP contribution in [0.15, 0.2) is 40.9 Å². The predicted molar refractivity (Wildman–Crippen MR) is 63.9 cm³/mol. The zero-order valence-electron chi connectivity index (χ0n) is 8.52. The van der Waals surface area contributed by atoms with Gasteiger partial charge in [0, 0.05) is 17.3 Å². The molecule has 0 N–H and O–H groups in total. The Hall–Kier alpha value is -1.42. The van der Waals surface area contributed by atoms with E-state index in [0.717, 1.165) is 17.5 Å². The van der Waals surface area contributed by atoms with Crippen molar-refractivity contribution in [2.75, 3.05) is 5.33 Å². The van der Waals surface area contributed by atoms with E-state index in [-0.39, 0.29) is 11.7 Å². The summed E-state index contributed by atoms with van der Waals surface area (Å²) in [5.41, 5.74) is 0.592. The van der Waals surface area contributed by atoms with Crippen molar-refractivity contribution in [2.24, 2.45) is 0 Å². The summed E-state index contributed by atoms with van der Waals surface area (Å²) < 4.78 is 5.35. The van der Waals surface area contributed by atoms with Gasteiger partial charge in [0.25, 0.3) is 5.89 Å². The average molecular weight is 280 g/mol. The summed E-state index contributed by atoms with van der Waals surface area (Å²) in [7, 11) is 0. The van der Waals surface area contributed by atoms with E-state index in [1.165, 1.54) is 0 Å². The molecule has 1 aromatic heterocycles. The van der Waals surface area contributed by atoms with Gasteiger partial charge >= 0.3 is 0 Å². The number of rotatable bonds is 4. The fraction of sp³-hybridized carbons (Fsp3) is 0.167. The lowest BCUT2D eigenvalue weighted by Gasteiger charge is -1.95. The van der Waals surface area contributed by atoms with Gasteiger partial charge in [-0.15, -0.1) is 0 Å². The van der Waals surface area contributed by atoms with Gasteiger partial charge in [-0.1, -0.05) is 46.3 Å². The van der Waals surface area contributed by atoms with Crippen molar-refractivity contribution >= 4 is 21.7 Å². The number of carbonyl (C=O) groups excluding carboxylic acids is 1. The van der Waals surface area contributed by atoms with Crippen LogP contribution in [0.25, 0.3) is 0 Å². The van der Waals surface area contributed by atoms with E-state index >= 15 is 0 Å². The van der Waals surface area contributed by atoms with Crippen LogP contribution in [0.1, 0.15) is 22.0 Å². The maximum absolute atomic E-state index is 11.9. The lowest BCUT2D eigenvalue weighted by atomic mass is 10.1. The van der Waals surface area contributed by atoms with Crippen LogP contribution in [-0.2, 0) is 6.42 Å². The molecule has 1 heterocycles. The molecule has 0 fully saturated rings. The summed E-state index contributed by atoms with van der Waals surface area (Å²) in [6, 6.07) is 8.99. The van der Waals surface area contributed by atoms with Crippen molar-refractivity contribution in [2.45, 2.75) is 6.42 Å². The van der Waals surface area contributed by atoms with Gasteiger partial charge in [0.15, 0.2) is 0 Å². The Morgan fingerprint density at radius 3 is 2.75 bits per heavy atom. The molecule has 2 rings (SSSR count). The number of oxazole rings is 1. The molecule has 4 heteroatoms. The zero-order valence-corrected chi connectivity index (χ0v) is 10.1. The second-order valence-corrected chi connectivity index (χ2v) is 4.06. The van der Waals surface area contributed by atoms with E-state index in [1.54, 1.807) is 18.3 Å². The van der Waals surface area contributed by atoms with Crippen molar-refractivity contribution in [3.8, 4) is 0 Å². The molecule has 82 valence electrons. The van der Waals surface area contributed by atoms with Crippen LogP contribution < -0.4 is 0 Å². The average Bonchev–Trinajstić information content (AvgIpc) is 2.78. The Balaban J connectivity index is 2.21. The second-order valence-electron chi connectivity index (χ2n) is 3.27. The summed E-state index contributed by atoms with van der Waals surface area (Å²) in [5, 5.41) is 0.793. The molecule has 0 aliphatic rings. The molecule has 0 amide bonds. The van der Waals surface area contributed by atoms with Crippen LogP contribution >= 0.6 is 15.9 Å². The number of alkyl halides is 1. The Labute approximate surface area is 102 Å². The Morgan fingerprint density at radius 1 is 1.31 bits per heavy atom. The zero-order chi connectivity index (χ0) is 11.4. The fourth-order valence-corrected chi connectivity index (χ4v) is 1.72. The van der Waals surface area contributed by atoms with Gasteiger partial charge in [0.1, 0.15) is 5.76 Å². The van der Waals surface area contributed by atoms with Crippen molar-refractivity contribution < 1.29 is 9.21 Å². The van der Waals surface area contributed by atoms with Crippen LogP contribution in [0.2, 0.25) is 0 Å². The van der Waals surface area contributed by atoms with Gasteiger partial charge < -0.3 is 4.42 Å². The first-order valence-electron chi connectivity index (χ1n) is 4.91. The molecule has 0 spiro atoms. The molecule has 0 atom stereocenters. The van der Waals surface area contributed by atoms with Crippen molar-refractivity contribution in [3.63, 3.8) is 0 Å². The molecule has 0 aliphatic heterocycles. The molecule has 3 nitrogen and oxygen atoms in total. The van der Waals surface area contributed by atoms with Crippen LogP contribution in [0.5, 0.6) is 0 Å². The molecule has 0 aliphatic carbocycles. The van der Waals surface area contributed by atoms with Crippen molar-refractivity contribution in [1.29, 1.82) is 0 Å². The topological polar surface area (TPSA) is 43.1 Å². The van der Waals surface area contributed by atoms with Gasteiger partial charge in [0.2, 0.25) is 5.78 Å². The van der Waals surface area contributed by atoms with E-state index in [9.17, 15) is 4.79 Å². The Morgan fingerprint density at radius 2 is 2.06 bits per heavy atom. The first kappa shape index (κ1) is 11.1. The van der Waals surface area contributed by atoms with Gasteiger partial charge in [-0.2, -0.15) is 0 Å². The molecule has 0 radical (unpaired) electrons. The second kappa shape index (κ2) is 5.07. The van der Waals surface area contributed by atoms with Crippen LogP contribution in [-0.4, -0.2) is 16.1 Å². The molecule has 0 saturated carbocycles. The maximum Gasteiger partial charge on any atom is 0.268 e. The van der Waals surface area contributed by atoms with Crippen molar-refractivity contribution in [1.82, 2.24) is 4.98 Å². The fourth-order valence-electron chi connectivity index (χ4n) is 1.33. The van der Waals surface area contributed by atoms with Gasteiger partial charge in [0.05, 0.1) is 6.20 Å². The molecule has 0 unspecified atom stereocenters. The van der Waals surface area contributed by atoms with E-state index in [2.05, 4.69) is 20.9 Å². The van der Waals surface area contributed by atoms with Gasteiger partial charge in [-0.05, 0) is 0 Å². The largest absolute Gasteiger partial charge is 0.439 e. The number of halogens is 1. The maximum atomic E-state index is 11.9. The van der Waals surface area contributed by atoms with Gasteiger partial charge in [-0.25, -0.2) is 4.98 Å². The predicted octanol–water partition coefficient (Wildman–Crippen LogP) is 2.84. The number of hydrogen-bond donors (Lipinski definition) is 0. The standard InChI is InChI=1S/C12H10BrNO2/c13-7-6-10-8-14-12(16-10)11(15)9-4-2-1-3-5-9/h1-5,8H,6-7H2. The summed E-state index contributed by atoms with van der Waals surface area (Å²) in [5.74, 6) is 0.694. The molecule has 2 aromatic rings. The molecule has 0 bridgehead atoms. The third-order valence-corrected chi connectivity index (χ3v) is 2.52. The molecular weight excluding hydrogens is 270 g/mol. The highest BCUT2D eigenvalue weighted by molar-refractivity contribution is 9.09. The lowest BCUT2D eigenvalue weighted by Crippen LogP contribution is -2.00. The van der Waals surface area contributed by atoms with E-state index in [0.29, 0.717) is 5.56 Å². The summed E-state index contributed by atoms with van der Waals surface area (Å²) >= 11 is 3.30. The highest BCUT2D eigenvalue weighted by atomic mass is 79.9. The first-order valence-corrected chi connectivity index (χ1v) is 6.04. The highest BCUT2D eigenvalue weighted by Crippen LogP contribution is 2.11. The summed E-state index contributed by atoms with van der Waals surface area (Å²) in [6.07, 6.45) is 2.33. The van der Waals surface area contributed by atoms with E-state index in [4.69, 9.17) is 4.42 Å². The van der Waals surface area contributed by atoms with Crippen molar-refractivity contribution in [3.05, 3.63) is 53.7 Å². The van der Waals surface area contributed by atoms with Gasteiger partial charge in [-0.3, -0.25) is 4.79 Å². The quantitative estimate of drug-likeness (QED) is 0.639. The number of nitrogens with zero attached hydrogens (tertiary/aromatic N) is 1. The number of hydrogen-bond acceptors (Lipinski definition) is 3. The minimum Gasteiger partial charge on any atom is -0.439 e. The monoisotopic (exact) mass is 279 g/mol. The SMILES string of the molecule is O=C(c1ccccc1)c1ncc(CCBr)o1. The Bertz CT molecular complexity index is 479. The molecule has 16 heavy (non-hydrogen) atoms. The summed E-state index contributed by atoms with van der Waals surface area (Å²) in [4.78, 5) is 15.9. The van der Waals surface area contributed by atoms with Crippen LogP contribution in [0.3, 0.4) is 0 Å². The molecule has 1 aromatic carbocycles. The smallest absolute Gasteiger partial charge is 0.268 e. The number of carbonyl (C=O) groups is 1. The van der Waals surface area contributed by atoms with Crippen LogP contribution in [0, 0.1) is 0 Å². The minimum atomic E-state index is -0.179. The summed E-state index contributed by atoms with van der Waals surface area (Å²) in [6.45, 7) is 0. The van der Waals surface area contributed by atoms with Crippen LogP contribution in [0.4, 0.5) is 0 Å².